The van der Waals surface area contributed by atoms with Crippen LogP contribution in [0.5, 0.6) is 0 Å². The molecule has 0 unspecified atom stereocenters. The summed E-state index contributed by atoms with van der Waals surface area (Å²) in [7, 11) is 3.75. The molecule has 0 spiro atoms. The molecule has 4 heteroatoms. The summed E-state index contributed by atoms with van der Waals surface area (Å²) in [5.41, 5.74) is 7.70. The van der Waals surface area contributed by atoms with Gasteiger partial charge in [-0.05, 0) is 19.9 Å². The molecule has 4 nitrogen and oxygen atoms in total. The summed E-state index contributed by atoms with van der Waals surface area (Å²) in [5.74, 6) is 0. The maximum atomic E-state index is 11.8. The summed E-state index contributed by atoms with van der Waals surface area (Å²) >= 11 is 0. The average Bonchev–Trinajstić information content (AvgIpc) is 2.12. The number of nitrogens with two attached hydrogens (primary N) is 1. The maximum Gasteiger partial charge on any atom is 0.276 e. The van der Waals surface area contributed by atoms with E-state index in [1.807, 2.05) is 38.9 Å². The van der Waals surface area contributed by atoms with Crippen molar-refractivity contribution in [2.24, 2.45) is 0 Å². The SMILES string of the molecule is CCn1c(C)cc(N(C)C)c(N)c1=O. The predicted octanol–water partition coefficient (Wildman–Crippen LogP) is 0.825. The maximum absolute atomic E-state index is 11.8. The van der Waals surface area contributed by atoms with E-state index >= 15 is 0 Å². The van der Waals surface area contributed by atoms with Crippen molar-refractivity contribution >= 4 is 11.4 Å². The minimum absolute atomic E-state index is 0.101. The number of rotatable bonds is 2. The zero-order valence-electron chi connectivity index (χ0n) is 9.16. The molecule has 2 N–H and O–H groups in total. The summed E-state index contributed by atoms with van der Waals surface area (Å²) in [6.07, 6.45) is 0. The highest BCUT2D eigenvalue weighted by atomic mass is 16.1. The highest BCUT2D eigenvalue weighted by molar-refractivity contribution is 5.66. The molecule has 0 fully saturated rings. The van der Waals surface area contributed by atoms with Gasteiger partial charge in [-0.1, -0.05) is 0 Å². The van der Waals surface area contributed by atoms with Gasteiger partial charge in [0.05, 0.1) is 5.69 Å². The molecule has 14 heavy (non-hydrogen) atoms. The molecule has 0 saturated heterocycles. The van der Waals surface area contributed by atoms with Gasteiger partial charge in [0.15, 0.2) is 0 Å². The van der Waals surface area contributed by atoms with E-state index in [0.717, 1.165) is 11.4 Å². The van der Waals surface area contributed by atoms with E-state index in [4.69, 9.17) is 5.73 Å². The Labute approximate surface area is 83.9 Å². The van der Waals surface area contributed by atoms with Crippen LogP contribution >= 0.6 is 0 Å². The molecule has 0 aromatic carbocycles. The van der Waals surface area contributed by atoms with Crippen molar-refractivity contribution in [2.75, 3.05) is 24.7 Å². The fourth-order valence-electron chi connectivity index (χ4n) is 1.53. The van der Waals surface area contributed by atoms with Crippen LogP contribution in [-0.4, -0.2) is 18.7 Å². The number of aromatic nitrogens is 1. The normalized spacial score (nSPS) is 10.3. The minimum Gasteiger partial charge on any atom is -0.393 e. The second-order valence-electron chi connectivity index (χ2n) is 3.53. The van der Waals surface area contributed by atoms with Crippen molar-refractivity contribution in [3.8, 4) is 0 Å². The van der Waals surface area contributed by atoms with Gasteiger partial charge in [-0.2, -0.15) is 0 Å². The van der Waals surface area contributed by atoms with Crippen molar-refractivity contribution in [3.05, 3.63) is 22.1 Å². The predicted molar refractivity (Wildman–Crippen MR) is 59.9 cm³/mol. The third-order valence-electron chi connectivity index (χ3n) is 2.32. The lowest BCUT2D eigenvalue weighted by Crippen LogP contribution is -2.27. The van der Waals surface area contributed by atoms with Gasteiger partial charge in [0.1, 0.15) is 5.69 Å². The van der Waals surface area contributed by atoms with E-state index < -0.39 is 0 Å². The zero-order valence-corrected chi connectivity index (χ0v) is 9.16. The van der Waals surface area contributed by atoms with Gasteiger partial charge >= 0.3 is 0 Å². The van der Waals surface area contributed by atoms with Gasteiger partial charge in [0.25, 0.3) is 5.56 Å². The molecule has 1 aromatic heterocycles. The molecule has 0 aliphatic rings. The van der Waals surface area contributed by atoms with Crippen molar-refractivity contribution < 1.29 is 0 Å². The lowest BCUT2D eigenvalue weighted by atomic mass is 10.2. The number of anilines is 2. The molecule has 0 aliphatic heterocycles. The Bertz CT molecular complexity index is 393. The smallest absolute Gasteiger partial charge is 0.276 e. The van der Waals surface area contributed by atoms with Crippen LogP contribution in [0.3, 0.4) is 0 Å². The zero-order chi connectivity index (χ0) is 10.9. The number of nitrogens with zero attached hydrogens (tertiary/aromatic N) is 2. The van der Waals surface area contributed by atoms with Crippen LogP contribution in [0.4, 0.5) is 11.4 Å². The molecule has 1 rings (SSSR count). The summed E-state index contributed by atoms with van der Waals surface area (Å²) in [5, 5.41) is 0. The molecule has 1 aromatic rings. The Hall–Kier alpha value is -1.45. The second kappa shape index (κ2) is 3.74. The standard InChI is InChI=1S/C10H17N3O/c1-5-13-7(2)6-8(12(3)4)9(11)10(13)14/h6H,5,11H2,1-4H3. The molecular weight excluding hydrogens is 178 g/mol. The monoisotopic (exact) mass is 195 g/mol. The fraction of sp³-hybridized carbons (Fsp3) is 0.500. The quantitative estimate of drug-likeness (QED) is 0.760. The lowest BCUT2D eigenvalue weighted by molar-refractivity contribution is 0.702. The Morgan fingerprint density at radius 3 is 2.50 bits per heavy atom. The Morgan fingerprint density at radius 1 is 1.50 bits per heavy atom. The van der Waals surface area contributed by atoms with Gasteiger partial charge < -0.3 is 15.2 Å². The van der Waals surface area contributed by atoms with Crippen LogP contribution in [0.15, 0.2) is 10.9 Å². The summed E-state index contributed by atoms with van der Waals surface area (Å²) in [6.45, 7) is 4.50. The molecule has 0 bridgehead atoms. The number of pyridine rings is 1. The molecule has 0 aliphatic carbocycles. The molecule has 0 atom stereocenters. The lowest BCUT2D eigenvalue weighted by Gasteiger charge is -2.18. The number of hydrogen-bond acceptors (Lipinski definition) is 3. The van der Waals surface area contributed by atoms with E-state index in [-0.39, 0.29) is 5.56 Å². The highest BCUT2D eigenvalue weighted by Gasteiger charge is 2.09. The second-order valence-corrected chi connectivity index (χ2v) is 3.53. The number of hydrogen-bond donors (Lipinski definition) is 1. The minimum atomic E-state index is -0.101. The van der Waals surface area contributed by atoms with Crippen molar-refractivity contribution in [2.45, 2.75) is 20.4 Å². The van der Waals surface area contributed by atoms with E-state index in [2.05, 4.69) is 0 Å². The first-order valence-corrected chi connectivity index (χ1v) is 4.66. The van der Waals surface area contributed by atoms with Crippen LogP contribution in [-0.2, 0) is 6.54 Å². The first-order chi connectivity index (χ1) is 6.49. The van der Waals surface area contributed by atoms with Crippen molar-refractivity contribution in [1.29, 1.82) is 0 Å². The molecular formula is C10H17N3O. The van der Waals surface area contributed by atoms with Gasteiger partial charge in [-0.25, -0.2) is 0 Å². The Morgan fingerprint density at radius 2 is 2.07 bits per heavy atom. The third kappa shape index (κ3) is 1.60. The van der Waals surface area contributed by atoms with Crippen LogP contribution < -0.4 is 16.2 Å². The topological polar surface area (TPSA) is 51.3 Å². The summed E-state index contributed by atoms with van der Waals surface area (Å²) < 4.78 is 1.67. The average molecular weight is 195 g/mol. The number of nitrogen functional groups attached to an aromatic ring is 1. The largest absolute Gasteiger partial charge is 0.393 e. The van der Waals surface area contributed by atoms with Gasteiger partial charge in [0.2, 0.25) is 0 Å². The van der Waals surface area contributed by atoms with E-state index in [9.17, 15) is 4.79 Å². The van der Waals surface area contributed by atoms with Gasteiger partial charge in [-0.3, -0.25) is 4.79 Å². The van der Waals surface area contributed by atoms with Crippen LogP contribution in [0, 0.1) is 6.92 Å². The van der Waals surface area contributed by atoms with Crippen molar-refractivity contribution in [1.82, 2.24) is 4.57 Å². The summed E-state index contributed by atoms with van der Waals surface area (Å²) in [6, 6.07) is 1.93. The number of aryl methyl sites for hydroxylation is 1. The van der Waals surface area contributed by atoms with E-state index in [1.165, 1.54) is 0 Å². The van der Waals surface area contributed by atoms with E-state index in [1.54, 1.807) is 4.57 Å². The molecule has 0 amide bonds. The Kier molecular flexibility index (Phi) is 2.84. The molecule has 0 saturated carbocycles. The summed E-state index contributed by atoms with van der Waals surface area (Å²) in [4.78, 5) is 13.6. The third-order valence-corrected chi connectivity index (χ3v) is 2.32. The molecule has 78 valence electrons. The fourth-order valence-corrected chi connectivity index (χ4v) is 1.53. The first kappa shape index (κ1) is 10.6. The molecule has 1 heterocycles. The van der Waals surface area contributed by atoms with Crippen LogP contribution in [0.25, 0.3) is 0 Å². The first-order valence-electron chi connectivity index (χ1n) is 4.66. The van der Waals surface area contributed by atoms with Gasteiger partial charge in [0, 0.05) is 26.3 Å². The van der Waals surface area contributed by atoms with Gasteiger partial charge in [-0.15, -0.1) is 0 Å². The Balaban J connectivity index is 3.48. The van der Waals surface area contributed by atoms with Crippen LogP contribution in [0.1, 0.15) is 12.6 Å². The van der Waals surface area contributed by atoms with E-state index in [0.29, 0.717) is 12.2 Å². The van der Waals surface area contributed by atoms with Crippen LogP contribution in [0.2, 0.25) is 0 Å². The van der Waals surface area contributed by atoms with Crippen molar-refractivity contribution in [3.63, 3.8) is 0 Å². The highest BCUT2D eigenvalue weighted by Crippen LogP contribution is 2.18. The molecule has 0 radical (unpaired) electrons.